The van der Waals surface area contributed by atoms with Gasteiger partial charge in [0.1, 0.15) is 5.25 Å². The van der Waals surface area contributed by atoms with E-state index in [1.807, 2.05) is 10.8 Å². The van der Waals surface area contributed by atoms with Crippen molar-refractivity contribution in [2.24, 2.45) is 5.73 Å². The second-order valence-corrected chi connectivity index (χ2v) is 3.54. The molecule has 0 spiro atoms. The zero-order valence-electron chi connectivity index (χ0n) is 5.73. The van der Waals surface area contributed by atoms with Crippen LogP contribution >= 0.6 is 11.8 Å². The summed E-state index contributed by atoms with van der Waals surface area (Å²) in [5.41, 5.74) is 5.14. The molecular formula is C6H7N3OS. The summed E-state index contributed by atoms with van der Waals surface area (Å²) in [6.45, 7) is 0.662. The average Bonchev–Trinajstić information content (AvgIpc) is 2.40. The third-order valence-electron chi connectivity index (χ3n) is 1.60. The van der Waals surface area contributed by atoms with Crippen LogP contribution in [0.15, 0.2) is 17.6 Å². The maximum Gasteiger partial charge on any atom is 0.232 e. The first-order valence-electron chi connectivity index (χ1n) is 3.24. The standard InChI is InChI=1S/C6H7N3OS/c7-5(10)4-3-9-2-1-8-6(9)11-4/h1-2,4H,3H2,(H2,7,10). The van der Waals surface area contributed by atoms with Crippen molar-refractivity contribution in [1.82, 2.24) is 9.55 Å². The molecule has 0 radical (unpaired) electrons. The fourth-order valence-corrected chi connectivity index (χ4v) is 2.04. The van der Waals surface area contributed by atoms with Crippen molar-refractivity contribution in [3.63, 3.8) is 0 Å². The molecule has 1 amide bonds. The summed E-state index contributed by atoms with van der Waals surface area (Å²) in [6, 6.07) is 0. The first-order chi connectivity index (χ1) is 5.27. The third kappa shape index (κ3) is 1.01. The topological polar surface area (TPSA) is 60.9 Å². The first-order valence-corrected chi connectivity index (χ1v) is 4.12. The summed E-state index contributed by atoms with van der Waals surface area (Å²) < 4.78 is 1.93. The number of nitrogens with two attached hydrogens (primary N) is 1. The highest BCUT2D eigenvalue weighted by Crippen LogP contribution is 2.29. The van der Waals surface area contributed by atoms with Gasteiger partial charge < -0.3 is 10.3 Å². The molecule has 0 aliphatic carbocycles. The van der Waals surface area contributed by atoms with Gasteiger partial charge in [0.2, 0.25) is 5.91 Å². The molecule has 1 unspecified atom stereocenters. The molecule has 1 aromatic heterocycles. The van der Waals surface area contributed by atoms with Gasteiger partial charge in [-0.2, -0.15) is 0 Å². The Hall–Kier alpha value is -0.970. The number of rotatable bonds is 1. The highest BCUT2D eigenvalue weighted by atomic mass is 32.2. The number of nitrogens with zero attached hydrogens (tertiary/aromatic N) is 2. The van der Waals surface area contributed by atoms with Crippen molar-refractivity contribution in [3.05, 3.63) is 12.4 Å². The molecule has 1 atom stereocenters. The number of imidazole rings is 1. The predicted molar refractivity (Wildman–Crippen MR) is 41.1 cm³/mol. The molecular weight excluding hydrogens is 162 g/mol. The summed E-state index contributed by atoms with van der Waals surface area (Å²) in [6.07, 6.45) is 3.57. The van der Waals surface area contributed by atoms with E-state index >= 15 is 0 Å². The van der Waals surface area contributed by atoms with Crippen LogP contribution in [0.5, 0.6) is 0 Å². The molecule has 1 aliphatic heterocycles. The molecule has 1 aliphatic rings. The molecule has 58 valence electrons. The van der Waals surface area contributed by atoms with Crippen LogP contribution in [0.1, 0.15) is 0 Å². The minimum atomic E-state index is -0.263. The van der Waals surface area contributed by atoms with Gasteiger partial charge in [-0.1, -0.05) is 11.8 Å². The van der Waals surface area contributed by atoms with Crippen molar-refractivity contribution in [2.75, 3.05) is 0 Å². The Balaban J connectivity index is 2.22. The largest absolute Gasteiger partial charge is 0.369 e. The van der Waals surface area contributed by atoms with Crippen LogP contribution in [0, 0.1) is 0 Å². The second kappa shape index (κ2) is 2.27. The van der Waals surface area contributed by atoms with Crippen molar-refractivity contribution < 1.29 is 4.79 Å². The summed E-state index contributed by atoms with van der Waals surface area (Å²) >= 11 is 1.43. The van der Waals surface area contributed by atoms with Crippen LogP contribution < -0.4 is 5.73 Å². The molecule has 0 aromatic carbocycles. The summed E-state index contributed by atoms with van der Waals surface area (Å²) in [5.74, 6) is -0.263. The monoisotopic (exact) mass is 169 g/mol. The van der Waals surface area contributed by atoms with Crippen LogP contribution in [0.2, 0.25) is 0 Å². The van der Waals surface area contributed by atoms with E-state index in [1.165, 1.54) is 11.8 Å². The van der Waals surface area contributed by atoms with Crippen molar-refractivity contribution in [2.45, 2.75) is 17.0 Å². The van der Waals surface area contributed by atoms with Crippen LogP contribution in [0.3, 0.4) is 0 Å². The SMILES string of the molecule is NC(=O)C1Cn2ccnc2S1. The van der Waals surface area contributed by atoms with E-state index in [-0.39, 0.29) is 11.2 Å². The van der Waals surface area contributed by atoms with Gasteiger partial charge in [0, 0.05) is 18.9 Å². The predicted octanol–water partition coefficient (Wildman–Crippen LogP) is -0.157. The summed E-state index contributed by atoms with van der Waals surface area (Å²) in [4.78, 5) is 14.8. The maximum absolute atomic E-state index is 10.7. The van der Waals surface area contributed by atoms with Crippen molar-refractivity contribution >= 4 is 17.7 Å². The number of hydrogen-bond acceptors (Lipinski definition) is 3. The van der Waals surface area contributed by atoms with E-state index in [4.69, 9.17) is 5.73 Å². The minimum absolute atomic E-state index is 0.126. The lowest BCUT2D eigenvalue weighted by Crippen LogP contribution is -2.25. The van der Waals surface area contributed by atoms with Gasteiger partial charge in [-0.25, -0.2) is 4.98 Å². The summed E-state index contributed by atoms with van der Waals surface area (Å²) in [5, 5.41) is 0.757. The van der Waals surface area contributed by atoms with Crippen LogP contribution in [-0.2, 0) is 11.3 Å². The number of fused-ring (bicyclic) bond motifs is 1. The second-order valence-electron chi connectivity index (χ2n) is 2.37. The van der Waals surface area contributed by atoms with E-state index in [1.54, 1.807) is 6.20 Å². The minimum Gasteiger partial charge on any atom is -0.369 e. The number of amides is 1. The Morgan fingerprint density at radius 2 is 2.73 bits per heavy atom. The highest BCUT2D eigenvalue weighted by Gasteiger charge is 2.26. The number of thioether (sulfide) groups is 1. The normalized spacial score (nSPS) is 21.6. The number of primary amides is 1. The molecule has 1 aromatic rings. The van der Waals surface area contributed by atoms with Gasteiger partial charge >= 0.3 is 0 Å². The van der Waals surface area contributed by atoms with Crippen molar-refractivity contribution in [3.8, 4) is 0 Å². The van der Waals surface area contributed by atoms with Crippen molar-refractivity contribution in [1.29, 1.82) is 0 Å². The molecule has 2 rings (SSSR count). The van der Waals surface area contributed by atoms with Gasteiger partial charge in [0.05, 0.1) is 0 Å². The maximum atomic E-state index is 10.7. The molecule has 2 N–H and O–H groups in total. The van der Waals surface area contributed by atoms with Gasteiger partial charge in [0.15, 0.2) is 5.16 Å². The van der Waals surface area contributed by atoms with Gasteiger partial charge in [0.25, 0.3) is 0 Å². The zero-order chi connectivity index (χ0) is 7.84. The van der Waals surface area contributed by atoms with E-state index in [0.29, 0.717) is 6.54 Å². The van der Waals surface area contributed by atoms with Crippen LogP contribution in [0.25, 0.3) is 0 Å². The quantitative estimate of drug-likeness (QED) is 0.635. The molecule has 2 heterocycles. The molecule has 0 fully saturated rings. The Morgan fingerprint density at radius 3 is 3.36 bits per heavy atom. The van der Waals surface area contributed by atoms with E-state index in [0.717, 1.165) is 5.16 Å². The highest BCUT2D eigenvalue weighted by molar-refractivity contribution is 8.00. The van der Waals surface area contributed by atoms with Gasteiger partial charge in [-0.3, -0.25) is 4.79 Å². The fourth-order valence-electron chi connectivity index (χ4n) is 1.04. The van der Waals surface area contributed by atoms with E-state index in [9.17, 15) is 4.79 Å². The lowest BCUT2D eigenvalue weighted by Gasteiger charge is -1.99. The molecule has 11 heavy (non-hydrogen) atoms. The molecule has 4 nitrogen and oxygen atoms in total. The lowest BCUT2D eigenvalue weighted by molar-refractivity contribution is -0.117. The van der Waals surface area contributed by atoms with Crippen LogP contribution in [0.4, 0.5) is 0 Å². The number of carbonyl (C=O) groups excluding carboxylic acids is 1. The molecule has 0 bridgehead atoms. The van der Waals surface area contributed by atoms with E-state index < -0.39 is 0 Å². The Morgan fingerprint density at radius 1 is 1.91 bits per heavy atom. The fraction of sp³-hybridized carbons (Fsp3) is 0.333. The Kier molecular flexibility index (Phi) is 1.38. The van der Waals surface area contributed by atoms with Gasteiger partial charge in [-0.05, 0) is 0 Å². The first kappa shape index (κ1) is 6.72. The Labute approximate surface area is 67.8 Å². The number of hydrogen-bond donors (Lipinski definition) is 1. The molecule has 0 saturated heterocycles. The van der Waals surface area contributed by atoms with Gasteiger partial charge in [-0.15, -0.1) is 0 Å². The Bertz CT molecular complexity index is 275. The molecule has 0 saturated carbocycles. The molecule has 5 heteroatoms. The average molecular weight is 169 g/mol. The lowest BCUT2D eigenvalue weighted by atomic mass is 10.4. The van der Waals surface area contributed by atoms with Crippen LogP contribution in [-0.4, -0.2) is 20.7 Å². The zero-order valence-corrected chi connectivity index (χ0v) is 6.54. The third-order valence-corrected chi connectivity index (χ3v) is 2.82. The van der Waals surface area contributed by atoms with E-state index in [2.05, 4.69) is 4.98 Å². The smallest absolute Gasteiger partial charge is 0.232 e. The summed E-state index contributed by atoms with van der Waals surface area (Å²) in [7, 11) is 0. The number of aromatic nitrogens is 2. The number of carbonyl (C=O) groups is 1.